The summed E-state index contributed by atoms with van der Waals surface area (Å²) in [7, 11) is 0. The number of benzene rings is 1. The highest BCUT2D eigenvalue weighted by Gasteiger charge is 2.27. The second kappa shape index (κ2) is 7.39. The molecule has 1 aliphatic heterocycles. The fraction of sp³-hybridized carbons (Fsp3) is 0.667. The number of likely N-dealkylation sites (tertiary alicyclic amines) is 1. The van der Waals surface area contributed by atoms with Gasteiger partial charge in [0.25, 0.3) is 0 Å². The van der Waals surface area contributed by atoms with Crippen LogP contribution in [0.15, 0.2) is 30.3 Å². The molecular weight excluding hydrogens is 260 g/mol. The number of hydrogen-bond donors (Lipinski definition) is 2. The molecule has 2 N–H and O–H groups in total. The number of hydrogen-bond acceptors (Lipinski definition) is 3. The molecule has 1 saturated carbocycles. The van der Waals surface area contributed by atoms with E-state index in [1.165, 1.54) is 31.2 Å². The third-order valence-corrected chi connectivity index (χ3v) is 5.02. The molecule has 1 aromatic carbocycles. The molecule has 0 aromatic heterocycles. The predicted octanol–water partition coefficient (Wildman–Crippen LogP) is 2.54. The monoisotopic (exact) mass is 288 g/mol. The molecule has 1 aliphatic carbocycles. The van der Waals surface area contributed by atoms with Gasteiger partial charge in [-0.3, -0.25) is 4.90 Å². The third kappa shape index (κ3) is 4.29. The minimum absolute atomic E-state index is 0.124. The van der Waals surface area contributed by atoms with Crippen molar-refractivity contribution in [2.75, 3.05) is 13.1 Å². The molecule has 116 valence electrons. The van der Waals surface area contributed by atoms with Crippen LogP contribution in [0.3, 0.4) is 0 Å². The Labute approximate surface area is 128 Å². The molecule has 1 aromatic rings. The highest BCUT2D eigenvalue weighted by molar-refractivity contribution is 5.14. The average Bonchev–Trinajstić information content (AvgIpc) is 2.52. The molecule has 2 aliphatic rings. The van der Waals surface area contributed by atoms with Crippen molar-refractivity contribution in [2.24, 2.45) is 0 Å². The predicted molar refractivity (Wildman–Crippen MR) is 86.1 cm³/mol. The van der Waals surface area contributed by atoms with Gasteiger partial charge in [0.2, 0.25) is 0 Å². The van der Waals surface area contributed by atoms with Crippen LogP contribution in [0.25, 0.3) is 0 Å². The van der Waals surface area contributed by atoms with Gasteiger partial charge in [0, 0.05) is 18.6 Å². The van der Waals surface area contributed by atoms with E-state index in [2.05, 4.69) is 40.5 Å². The van der Waals surface area contributed by atoms with Crippen molar-refractivity contribution in [2.45, 2.75) is 63.3 Å². The van der Waals surface area contributed by atoms with Gasteiger partial charge in [0.05, 0.1) is 6.10 Å². The van der Waals surface area contributed by atoms with Gasteiger partial charge in [-0.25, -0.2) is 0 Å². The Morgan fingerprint density at radius 1 is 1.00 bits per heavy atom. The maximum atomic E-state index is 10.1. The van der Waals surface area contributed by atoms with E-state index in [4.69, 9.17) is 0 Å². The van der Waals surface area contributed by atoms with E-state index in [0.717, 1.165) is 32.5 Å². The highest BCUT2D eigenvalue weighted by Crippen LogP contribution is 2.21. The number of piperidine rings is 1. The molecule has 3 heteroatoms. The van der Waals surface area contributed by atoms with E-state index in [-0.39, 0.29) is 6.10 Å². The maximum absolute atomic E-state index is 10.1. The first-order chi connectivity index (χ1) is 10.3. The van der Waals surface area contributed by atoms with Gasteiger partial charge in [-0.15, -0.1) is 0 Å². The van der Waals surface area contributed by atoms with Crippen molar-refractivity contribution in [3.05, 3.63) is 35.9 Å². The van der Waals surface area contributed by atoms with Gasteiger partial charge in [-0.1, -0.05) is 43.2 Å². The van der Waals surface area contributed by atoms with Gasteiger partial charge in [0.1, 0.15) is 0 Å². The van der Waals surface area contributed by atoms with E-state index in [0.29, 0.717) is 12.1 Å². The number of rotatable bonds is 4. The van der Waals surface area contributed by atoms with Crippen LogP contribution in [0.4, 0.5) is 0 Å². The van der Waals surface area contributed by atoms with Gasteiger partial charge in [-0.05, 0) is 44.3 Å². The fourth-order valence-electron chi connectivity index (χ4n) is 3.71. The Morgan fingerprint density at radius 2 is 1.71 bits per heavy atom. The maximum Gasteiger partial charge on any atom is 0.0693 e. The standard InChI is InChI=1S/C18H28N2O/c21-18-9-5-4-8-17(18)19-16-10-12-20(13-11-16)14-15-6-2-1-3-7-15/h1-3,6-7,16-19,21H,4-5,8-14H2/t17-,18+/m1/s1. The lowest BCUT2D eigenvalue weighted by molar-refractivity contribution is 0.0759. The van der Waals surface area contributed by atoms with Crippen LogP contribution in [0, 0.1) is 0 Å². The lowest BCUT2D eigenvalue weighted by Crippen LogP contribution is -2.50. The minimum Gasteiger partial charge on any atom is -0.392 e. The molecule has 3 nitrogen and oxygen atoms in total. The zero-order chi connectivity index (χ0) is 14.5. The van der Waals surface area contributed by atoms with Crippen LogP contribution < -0.4 is 5.32 Å². The molecule has 21 heavy (non-hydrogen) atoms. The average molecular weight is 288 g/mol. The second-order valence-corrected chi connectivity index (χ2v) is 6.66. The van der Waals surface area contributed by atoms with Crippen molar-refractivity contribution in [3.63, 3.8) is 0 Å². The number of nitrogens with zero attached hydrogens (tertiary/aromatic N) is 1. The number of aliphatic hydroxyl groups is 1. The van der Waals surface area contributed by atoms with E-state index < -0.39 is 0 Å². The van der Waals surface area contributed by atoms with Crippen molar-refractivity contribution < 1.29 is 5.11 Å². The van der Waals surface area contributed by atoms with E-state index >= 15 is 0 Å². The summed E-state index contributed by atoms with van der Waals surface area (Å²) in [5, 5.41) is 13.8. The van der Waals surface area contributed by atoms with Gasteiger partial charge in [0.15, 0.2) is 0 Å². The SMILES string of the molecule is O[C@H]1CCCC[C@H]1NC1CCN(Cc2ccccc2)CC1. The summed E-state index contributed by atoms with van der Waals surface area (Å²) < 4.78 is 0. The molecule has 2 fully saturated rings. The molecule has 1 heterocycles. The lowest BCUT2D eigenvalue weighted by Gasteiger charge is -2.37. The summed E-state index contributed by atoms with van der Waals surface area (Å²) in [5.41, 5.74) is 1.41. The number of nitrogens with one attached hydrogen (secondary N) is 1. The first kappa shape index (κ1) is 15.0. The molecule has 1 saturated heterocycles. The summed E-state index contributed by atoms with van der Waals surface area (Å²) in [4.78, 5) is 2.55. The molecule has 0 unspecified atom stereocenters. The minimum atomic E-state index is -0.124. The Morgan fingerprint density at radius 3 is 2.43 bits per heavy atom. The zero-order valence-corrected chi connectivity index (χ0v) is 12.9. The summed E-state index contributed by atoms with van der Waals surface area (Å²) >= 11 is 0. The van der Waals surface area contributed by atoms with E-state index in [9.17, 15) is 5.11 Å². The topological polar surface area (TPSA) is 35.5 Å². The van der Waals surface area contributed by atoms with Gasteiger partial charge >= 0.3 is 0 Å². The quantitative estimate of drug-likeness (QED) is 0.894. The van der Waals surface area contributed by atoms with Crippen molar-refractivity contribution in [1.29, 1.82) is 0 Å². The van der Waals surface area contributed by atoms with Gasteiger partial charge in [-0.2, -0.15) is 0 Å². The molecule has 0 spiro atoms. The smallest absolute Gasteiger partial charge is 0.0693 e. The van der Waals surface area contributed by atoms with Crippen molar-refractivity contribution >= 4 is 0 Å². The summed E-state index contributed by atoms with van der Waals surface area (Å²) in [6.45, 7) is 3.39. The van der Waals surface area contributed by atoms with Gasteiger partial charge < -0.3 is 10.4 Å². The first-order valence-corrected chi connectivity index (χ1v) is 8.51. The third-order valence-electron chi connectivity index (χ3n) is 5.02. The Bertz CT molecular complexity index is 414. The molecule has 3 rings (SSSR count). The van der Waals surface area contributed by atoms with E-state index in [1.807, 2.05) is 0 Å². The summed E-state index contributed by atoms with van der Waals surface area (Å²) in [6.07, 6.45) is 6.86. The second-order valence-electron chi connectivity index (χ2n) is 6.66. The Hall–Kier alpha value is -0.900. The summed E-state index contributed by atoms with van der Waals surface area (Å²) in [5.74, 6) is 0. The Kier molecular flexibility index (Phi) is 5.28. The molecular formula is C18H28N2O. The normalized spacial score (nSPS) is 28.6. The molecule has 2 atom stereocenters. The van der Waals surface area contributed by atoms with Crippen LogP contribution >= 0.6 is 0 Å². The molecule has 0 bridgehead atoms. The van der Waals surface area contributed by atoms with Crippen LogP contribution in [-0.2, 0) is 6.54 Å². The highest BCUT2D eigenvalue weighted by atomic mass is 16.3. The fourth-order valence-corrected chi connectivity index (χ4v) is 3.71. The summed E-state index contributed by atoms with van der Waals surface area (Å²) in [6, 6.07) is 11.7. The van der Waals surface area contributed by atoms with E-state index in [1.54, 1.807) is 0 Å². The first-order valence-electron chi connectivity index (χ1n) is 8.51. The van der Waals surface area contributed by atoms with Crippen LogP contribution in [0.2, 0.25) is 0 Å². The Balaban J connectivity index is 1.42. The lowest BCUT2D eigenvalue weighted by atomic mass is 9.91. The van der Waals surface area contributed by atoms with Crippen LogP contribution in [0.1, 0.15) is 44.1 Å². The largest absolute Gasteiger partial charge is 0.392 e. The molecule has 0 amide bonds. The number of aliphatic hydroxyl groups excluding tert-OH is 1. The van der Waals surface area contributed by atoms with Crippen molar-refractivity contribution in [1.82, 2.24) is 10.2 Å². The zero-order valence-electron chi connectivity index (χ0n) is 12.9. The molecule has 0 radical (unpaired) electrons. The van der Waals surface area contributed by atoms with Crippen LogP contribution in [-0.4, -0.2) is 41.3 Å². The van der Waals surface area contributed by atoms with Crippen LogP contribution in [0.5, 0.6) is 0 Å². The van der Waals surface area contributed by atoms with Crippen molar-refractivity contribution in [3.8, 4) is 0 Å².